The second-order valence-electron chi connectivity index (χ2n) is 5.15. The van der Waals surface area contributed by atoms with Crippen molar-refractivity contribution < 1.29 is 9.84 Å². The molecule has 18 heavy (non-hydrogen) atoms. The quantitative estimate of drug-likeness (QED) is 0.854. The van der Waals surface area contributed by atoms with Crippen LogP contribution in [-0.2, 0) is 17.7 Å². The van der Waals surface area contributed by atoms with Crippen LogP contribution in [0.2, 0.25) is 0 Å². The second-order valence-corrected chi connectivity index (χ2v) is 5.15. The Morgan fingerprint density at radius 2 is 2.17 bits per heavy atom. The van der Waals surface area contributed by atoms with Crippen molar-refractivity contribution in [3.63, 3.8) is 0 Å². The summed E-state index contributed by atoms with van der Waals surface area (Å²) < 4.78 is 7.45. The van der Waals surface area contributed by atoms with E-state index < -0.39 is 0 Å². The summed E-state index contributed by atoms with van der Waals surface area (Å²) in [5, 5.41) is 9.88. The van der Waals surface area contributed by atoms with Crippen molar-refractivity contribution in [2.75, 3.05) is 32.8 Å². The van der Waals surface area contributed by atoms with Crippen LogP contribution in [0.3, 0.4) is 0 Å². The molecular weight excluding hydrogens is 230 g/mol. The molecule has 1 atom stereocenters. The van der Waals surface area contributed by atoms with Crippen LogP contribution in [0.15, 0.2) is 6.20 Å². The van der Waals surface area contributed by atoms with Gasteiger partial charge in [0.2, 0.25) is 0 Å². The van der Waals surface area contributed by atoms with Crippen molar-refractivity contribution in [1.29, 1.82) is 0 Å². The Morgan fingerprint density at radius 3 is 2.94 bits per heavy atom. The third kappa shape index (κ3) is 2.58. The highest BCUT2D eigenvalue weighted by atomic mass is 16.5. The van der Waals surface area contributed by atoms with Crippen LogP contribution in [0.4, 0.5) is 0 Å². The normalized spacial score (nSPS) is 25.1. The van der Waals surface area contributed by atoms with Crippen LogP contribution in [0.5, 0.6) is 0 Å². The fourth-order valence-corrected chi connectivity index (χ4v) is 2.73. The number of nitrogens with zero attached hydrogens (tertiary/aromatic N) is 3. The number of aliphatic hydroxyl groups excluding tert-OH is 1. The first-order valence-corrected chi connectivity index (χ1v) is 6.87. The molecule has 5 nitrogen and oxygen atoms in total. The maximum absolute atomic E-state index is 9.88. The van der Waals surface area contributed by atoms with Gasteiger partial charge in [-0.25, -0.2) is 4.98 Å². The molecule has 2 aliphatic heterocycles. The van der Waals surface area contributed by atoms with Crippen molar-refractivity contribution >= 4 is 0 Å². The van der Waals surface area contributed by atoms with Gasteiger partial charge in [-0.3, -0.25) is 4.90 Å². The number of aryl methyl sites for hydroxylation is 1. The van der Waals surface area contributed by atoms with Gasteiger partial charge in [0.25, 0.3) is 0 Å². The Hall–Kier alpha value is -0.910. The number of morpholine rings is 1. The van der Waals surface area contributed by atoms with Gasteiger partial charge < -0.3 is 14.4 Å². The van der Waals surface area contributed by atoms with Crippen LogP contribution >= 0.6 is 0 Å². The maximum Gasteiger partial charge on any atom is 0.137 e. The summed E-state index contributed by atoms with van der Waals surface area (Å²) in [6.45, 7) is 5.77. The summed E-state index contributed by atoms with van der Waals surface area (Å²) in [5.41, 5.74) is 1.11. The number of aliphatic hydroxyl groups is 1. The van der Waals surface area contributed by atoms with E-state index in [1.165, 1.54) is 0 Å². The van der Waals surface area contributed by atoms with Gasteiger partial charge >= 0.3 is 0 Å². The lowest BCUT2D eigenvalue weighted by atomic mass is 10.1. The fourth-order valence-electron chi connectivity index (χ4n) is 2.73. The summed E-state index contributed by atoms with van der Waals surface area (Å²) in [5.74, 6) is 0.859. The first-order valence-electron chi connectivity index (χ1n) is 6.87. The van der Waals surface area contributed by atoms with Gasteiger partial charge in [0.05, 0.1) is 18.9 Å². The van der Waals surface area contributed by atoms with E-state index in [-0.39, 0.29) is 6.10 Å². The molecule has 0 aliphatic carbocycles. The van der Waals surface area contributed by atoms with Crippen LogP contribution in [0.25, 0.3) is 0 Å². The van der Waals surface area contributed by atoms with Gasteiger partial charge in [-0.1, -0.05) is 0 Å². The highest BCUT2D eigenvalue weighted by Gasteiger charge is 2.20. The van der Waals surface area contributed by atoms with Crippen molar-refractivity contribution in [2.45, 2.75) is 31.9 Å². The predicted octanol–water partition coefficient (Wildman–Crippen LogP) is 0.585. The summed E-state index contributed by atoms with van der Waals surface area (Å²) in [6.07, 6.45) is 4.61. The van der Waals surface area contributed by atoms with Crippen LogP contribution in [0.1, 0.15) is 30.5 Å². The van der Waals surface area contributed by atoms with Crippen LogP contribution in [0, 0.1) is 0 Å². The zero-order valence-corrected chi connectivity index (χ0v) is 10.7. The smallest absolute Gasteiger partial charge is 0.137 e. The predicted molar refractivity (Wildman–Crippen MR) is 67.4 cm³/mol. The molecule has 3 heterocycles. The van der Waals surface area contributed by atoms with E-state index in [2.05, 4.69) is 20.6 Å². The molecule has 5 heteroatoms. The highest BCUT2D eigenvalue weighted by molar-refractivity contribution is 5.08. The molecule has 100 valence electrons. The highest BCUT2D eigenvalue weighted by Crippen LogP contribution is 2.24. The van der Waals surface area contributed by atoms with Gasteiger partial charge in [0.1, 0.15) is 11.9 Å². The summed E-state index contributed by atoms with van der Waals surface area (Å²) >= 11 is 0. The molecule has 1 unspecified atom stereocenters. The van der Waals surface area contributed by atoms with E-state index in [0.717, 1.165) is 70.2 Å². The lowest BCUT2D eigenvalue weighted by Crippen LogP contribution is -2.37. The molecule has 1 aromatic rings. The van der Waals surface area contributed by atoms with Gasteiger partial charge in [0.15, 0.2) is 0 Å². The Labute approximate surface area is 107 Å². The van der Waals surface area contributed by atoms with Gasteiger partial charge in [-0.15, -0.1) is 0 Å². The lowest BCUT2D eigenvalue weighted by molar-refractivity contribution is 0.0383. The zero-order valence-electron chi connectivity index (χ0n) is 10.7. The topological polar surface area (TPSA) is 50.5 Å². The molecule has 2 aliphatic rings. The first kappa shape index (κ1) is 12.1. The van der Waals surface area contributed by atoms with Crippen molar-refractivity contribution in [2.24, 2.45) is 0 Å². The SMILES string of the molecule is OC1CCCn2cc(CCN3CCOCC3)nc21. The van der Waals surface area contributed by atoms with Crippen molar-refractivity contribution in [1.82, 2.24) is 14.5 Å². The Morgan fingerprint density at radius 1 is 1.33 bits per heavy atom. The molecule has 0 spiro atoms. The molecule has 0 bridgehead atoms. The van der Waals surface area contributed by atoms with Gasteiger partial charge in [0, 0.05) is 38.8 Å². The molecule has 1 aromatic heterocycles. The lowest BCUT2D eigenvalue weighted by Gasteiger charge is -2.26. The molecule has 1 saturated heterocycles. The number of hydrogen-bond acceptors (Lipinski definition) is 4. The Kier molecular flexibility index (Phi) is 3.63. The van der Waals surface area contributed by atoms with E-state index in [0.29, 0.717) is 0 Å². The number of aromatic nitrogens is 2. The van der Waals surface area contributed by atoms with E-state index in [1.54, 1.807) is 0 Å². The third-order valence-corrected chi connectivity index (χ3v) is 3.82. The maximum atomic E-state index is 9.88. The van der Waals surface area contributed by atoms with E-state index >= 15 is 0 Å². The Bertz CT molecular complexity index is 399. The minimum Gasteiger partial charge on any atom is -0.385 e. The van der Waals surface area contributed by atoms with Crippen molar-refractivity contribution in [3.05, 3.63) is 17.7 Å². The average Bonchev–Trinajstić information content (AvgIpc) is 2.82. The molecule has 0 amide bonds. The summed E-state index contributed by atoms with van der Waals surface area (Å²) in [6, 6.07) is 0. The van der Waals surface area contributed by atoms with E-state index in [9.17, 15) is 5.11 Å². The number of rotatable bonds is 3. The standard InChI is InChI=1S/C13H21N3O2/c17-12-2-1-4-16-10-11(14-13(12)16)3-5-15-6-8-18-9-7-15/h10,12,17H,1-9H2. The minimum atomic E-state index is -0.365. The fraction of sp³-hybridized carbons (Fsp3) is 0.769. The summed E-state index contributed by atoms with van der Waals surface area (Å²) in [4.78, 5) is 6.99. The number of hydrogen-bond donors (Lipinski definition) is 1. The Balaban J connectivity index is 1.59. The monoisotopic (exact) mass is 251 g/mol. The molecule has 3 rings (SSSR count). The molecule has 0 aromatic carbocycles. The zero-order chi connectivity index (χ0) is 12.4. The number of ether oxygens (including phenoxy) is 1. The van der Waals surface area contributed by atoms with Gasteiger partial charge in [-0.05, 0) is 12.8 Å². The first-order chi connectivity index (χ1) is 8.83. The largest absolute Gasteiger partial charge is 0.385 e. The van der Waals surface area contributed by atoms with Crippen LogP contribution < -0.4 is 0 Å². The van der Waals surface area contributed by atoms with Gasteiger partial charge in [-0.2, -0.15) is 0 Å². The van der Waals surface area contributed by atoms with Crippen LogP contribution in [-0.4, -0.2) is 52.4 Å². The second kappa shape index (κ2) is 5.38. The molecular formula is C13H21N3O2. The third-order valence-electron chi connectivity index (χ3n) is 3.82. The summed E-state index contributed by atoms with van der Waals surface area (Å²) in [7, 11) is 0. The molecule has 0 radical (unpaired) electrons. The number of fused-ring (bicyclic) bond motifs is 1. The van der Waals surface area contributed by atoms with E-state index in [1.807, 2.05) is 0 Å². The number of imidazole rings is 1. The van der Waals surface area contributed by atoms with Crippen molar-refractivity contribution in [3.8, 4) is 0 Å². The molecule has 1 fully saturated rings. The molecule has 0 saturated carbocycles. The minimum absolute atomic E-state index is 0.365. The van der Waals surface area contributed by atoms with E-state index in [4.69, 9.17) is 4.74 Å². The average molecular weight is 251 g/mol. The molecule has 1 N–H and O–H groups in total.